The number of nitrogens with zero attached hydrogens (tertiary/aromatic N) is 1. The van der Waals surface area contributed by atoms with Crippen molar-refractivity contribution < 1.29 is 19.0 Å². The number of ether oxygens (including phenoxy) is 1. The van der Waals surface area contributed by atoms with Crippen LogP contribution in [-0.4, -0.2) is 34.8 Å². The van der Waals surface area contributed by atoms with E-state index in [2.05, 4.69) is 10.3 Å². The smallest absolute Gasteiger partial charge is 0.253 e. The predicted molar refractivity (Wildman–Crippen MR) is 104 cm³/mol. The van der Waals surface area contributed by atoms with Gasteiger partial charge in [0.1, 0.15) is 5.82 Å². The normalized spacial score (nSPS) is 21.9. The van der Waals surface area contributed by atoms with Crippen LogP contribution in [0.2, 0.25) is 0 Å². The number of aromatic nitrogens is 1. The summed E-state index contributed by atoms with van der Waals surface area (Å²) < 4.78 is 19.2. The maximum Gasteiger partial charge on any atom is 0.253 e. The van der Waals surface area contributed by atoms with Crippen LogP contribution in [0, 0.1) is 11.7 Å². The Bertz CT molecular complexity index is 836. The summed E-state index contributed by atoms with van der Waals surface area (Å²) >= 11 is 0. The highest BCUT2D eigenvalue weighted by molar-refractivity contribution is 5.95. The molecule has 2 fully saturated rings. The summed E-state index contributed by atoms with van der Waals surface area (Å²) in [5, 5.41) is 13.0. The average molecular weight is 384 g/mol. The summed E-state index contributed by atoms with van der Waals surface area (Å²) in [7, 11) is 0. The minimum absolute atomic E-state index is 0.235. The van der Waals surface area contributed by atoms with Crippen molar-refractivity contribution in [3.05, 3.63) is 47.9 Å². The SMILES string of the molecule is O=C(N[C@@H]1CCCC[C@H]1O)c1cnc(OCC2CC2)c(-c2ccc(F)cc2)c1. The number of aliphatic hydroxyl groups is 1. The highest BCUT2D eigenvalue weighted by Crippen LogP contribution is 2.33. The molecule has 0 spiro atoms. The Balaban J connectivity index is 1.57. The van der Waals surface area contributed by atoms with Gasteiger partial charge in [-0.05, 0) is 55.4 Å². The van der Waals surface area contributed by atoms with Gasteiger partial charge in [0.2, 0.25) is 5.88 Å². The lowest BCUT2D eigenvalue weighted by atomic mass is 9.92. The Morgan fingerprint density at radius 3 is 2.64 bits per heavy atom. The molecule has 2 atom stereocenters. The second kappa shape index (κ2) is 8.27. The monoisotopic (exact) mass is 384 g/mol. The quantitative estimate of drug-likeness (QED) is 0.796. The van der Waals surface area contributed by atoms with Crippen molar-refractivity contribution >= 4 is 5.91 Å². The lowest BCUT2D eigenvalue weighted by molar-refractivity contribution is 0.0717. The molecular formula is C22H25FN2O3. The molecule has 2 N–H and O–H groups in total. The molecule has 2 aromatic rings. The fraction of sp³-hybridized carbons (Fsp3) is 0.455. The molecular weight excluding hydrogens is 359 g/mol. The molecule has 4 rings (SSSR count). The highest BCUT2D eigenvalue weighted by Gasteiger charge is 2.26. The van der Waals surface area contributed by atoms with Gasteiger partial charge in [0, 0.05) is 11.8 Å². The molecule has 1 heterocycles. The first-order chi connectivity index (χ1) is 13.6. The average Bonchev–Trinajstić information content (AvgIpc) is 3.53. The van der Waals surface area contributed by atoms with E-state index < -0.39 is 6.10 Å². The molecule has 1 aromatic carbocycles. The minimum Gasteiger partial charge on any atom is -0.477 e. The van der Waals surface area contributed by atoms with Crippen molar-refractivity contribution in [3.8, 4) is 17.0 Å². The molecule has 2 aliphatic rings. The molecule has 1 amide bonds. The third-order valence-electron chi connectivity index (χ3n) is 5.47. The molecule has 2 aliphatic carbocycles. The van der Waals surface area contributed by atoms with Crippen LogP contribution in [0.5, 0.6) is 5.88 Å². The number of aliphatic hydroxyl groups excluding tert-OH is 1. The first kappa shape index (κ1) is 18.9. The number of nitrogens with one attached hydrogen (secondary N) is 1. The summed E-state index contributed by atoms with van der Waals surface area (Å²) in [5.74, 6) is 0.430. The summed E-state index contributed by atoms with van der Waals surface area (Å²) in [5.41, 5.74) is 1.81. The van der Waals surface area contributed by atoms with Crippen LogP contribution in [0.15, 0.2) is 36.5 Å². The Kier molecular flexibility index (Phi) is 5.57. The first-order valence-electron chi connectivity index (χ1n) is 9.98. The molecule has 0 radical (unpaired) electrons. The highest BCUT2D eigenvalue weighted by atomic mass is 19.1. The summed E-state index contributed by atoms with van der Waals surface area (Å²) in [4.78, 5) is 17.1. The third kappa shape index (κ3) is 4.50. The second-order valence-corrected chi connectivity index (χ2v) is 7.77. The van der Waals surface area contributed by atoms with Crippen molar-refractivity contribution in [1.82, 2.24) is 10.3 Å². The minimum atomic E-state index is -0.511. The molecule has 6 heteroatoms. The van der Waals surface area contributed by atoms with Gasteiger partial charge in [-0.1, -0.05) is 25.0 Å². The summed E-state index contributed by atoms with van der Waals surface area (Å²) in [6, 6.07) is 7.57. The fourth-order valence-corrected chi connectivity index (χ4v) is 3.54. The van der Waals surface area contributed by atoms with Crippen LogP contribution in [0.1, 0.15) is 48.9 Å². The van der Waals surface area contributed by atoms with E-state index in [1.165, 1.54) is 18.3 Å². The number of pyridine rings is 1. The van der Waals surface area contributed by atoms with E-state index in [0.29, 0.717) is 36.0 Å². The molecule has 0 aliphatic heterocycles. The first-order valence-corrected chi connectivity index (χ1v) is 9.98. The largest absolute Gasteiger partial charge is 0.477 e. The Hall–Kier alpha value is -2.47. The van der Waals surface area contributed by atoms with E-state index >= 15 is 0 Å². The van der Waals surface area contributed by atoms with Crippen LogP contribution in [-0.2, 0) is 0 Å². The molecule has 0 unspecified atom stereocenters. The molecule has 28 heavy (non-hydrogen) atoms. The summed E-state index contributed by atoms with van der Waals surface area (Å²) in [6.45, 7) is 0.598. The number of hydrogen-bond donors (Lipinski definition) is 2. The van der Waals surface area contributed by atoms with Crippen LogP contribution < -0.4 is 10.1 Å². The number of benzene rings is 1. The number of carbonyl (C=O) groups is 1. The van der Waals surface area contributed by atoms with Gasteiger partial charge in [-0.3, -0.25) is 4.79 Å². The van der Waals surface area contributed by atoms with E-state index in [1.54, 1.807) is 18.2 Å². The van der Waals surface area contributed by atoms with Crippen molar-refractivity contribution in [2.24, 2.45) is 5.92 Å². The number of carbonyl (C=O) groups excluding carboxylic acids is 1. The van der Waals surface area contributed by atoms with Crippen molar-refractivity contribution in [1.29, 1.82) is 0 Å². The third-order valence-corrected chi connectivity index (χ3v) is 5.47. The van der Waals surface area contributed by atoms with Crippen LogP contribution in [0.4, 0.5) is 4.39 Å². The summed E-state index contributed by atoms with van der Waals surface area (Å²) in [6.07, 6.45) is 6.77. The van der Waals surface area contributed by atoms with E-state index in [4.69, 9.17) is 4.74 Å². The standard InChI is InChI=1S/C22H25FN2O3/c23-17-9-7-15(8-10-17)18-11-16(12-24-22(18)28-13-14-5-6-14)21(27)25-19-3-1-2-4-20(19)26/h7-12,14,19-20,26H,1-6,13H2,(H,25,27)/t19-,20-/m1/s1. The molecule has 148 valence electrons. The molecule has 2 saturated carbocycles. The van der Waals surface area contributed by atoms with E-state index in [1.807, 2.05) is 0 Å². The van der Waals surface area contributed by atoms with Crippen molar-refractivity contribution in [2.45, 2.75) is 50.7 Å². The second-order valence-electron chi connectivity index (χ2n) is 7.77. The Morgan fingerprint density at radius 1 is 1.18 bits per heavy atom. The van der Waals surface area contributed by atoms with E-state index in [9.17, 15) is 14.3 Å². The van der Waals surface area contributed by atoms with Gasteiger partial charge in [0.05, 0.1) is 24.3 Å². The van der Waals surface area contributed by atoms with Gasteiger partial charge in [-0.15, -0.1) is 0 Å². The van der Waals surface area contributed by atoms with Gasteiger partial charge in [0.25, 0.3) is 5.91 Å². The number of halogens is 1. The predicted octanol–water partition coefficient (Wildman–Crippen LogP) is 3.71. The maximum absolute atomic E-state index is 13.3. The van der Waals surface area contributed by atoms with E-state index in [-0.39, 0.29) is 17.8 Å². The lowest BCUT2D eigenvalue weighted by Crippen LogP contribution is -2.45. The molecule has 1 aromatic heterocycles. The molecule has 0 bridgehead atoms. The fourth-order valence-electron chi connectivity index (χ4n) is 3.54. The van der Waals surface area contributed by atoms with E-state index in [0.717, 1.165) is 37.7 Å². The van der Waals surface area contributed by atoms with Crippen molar-refractivity contribution in [2.75, 3.05) is 6.61 Å². The number of hydrogen-bond acceptors (Lipinski definition) is 4. The topological polar surface area (TPSA) is 71.5 Å². The number of rotatable bonds is 6. The van der Waals surface area contributed by atoms with Gasteiger partial charge in [-0.25, -0.2) is 9.37 Å². The van der Waals surface area contributed by atoms with Gasteiger partial charge in [0.15, 0.2) is 0 Å². The Labute approximate surface area is 163 Å². The van der Waals surface area contributed by atoms with Crippen LogP contribution in [0.25, 0.3) is 11.1 Å². The lowest BCUT2D eigenvalue weighted by Gasteiger charge is -2.28. The van der Waals surface area contributed by atoms with Crippen LogP contribution >= 0.6 is 0 Å². The van der Waals surface area contributed by atoms with Crippen LogP contribution in [0.3, 0.4) is 0 Å². The van der Waals surface area contributed by atoms with Gasteiger partial charge < -0.3 is 15.2 Å². The maximum atomic E-state index is 13.3. The molecule has 5 nitrogen and oxygen atoms in total. The zero-order valence-corrected chi connectivity index (χ0v) is 15.7. The van der Waals surface area contributed by atoms with Gasteiger partial charge >= 0.3 is 0 Å². The zero-order valence-electron chi connectivity index (χ0n) is 15.7. The Morgan fingerprint density at radius 2 is 1.93 bits per heavy atom. The van der Waals surface area contributed by atoms with Crippen molar-refractivity contribution in [3.63, 3.8) is 0 Å². The van der Waals surface area contributed by atoms with Gasteiger partial charge in [-0.2, -0.15) is 0 Å². The zero-order chi connectivity index (χ0) is 19.5. The molecule has 0 saturated heterocycles. The number of amides is 1.